The Hall–Kier alpha value is -1.55. The molecular formula is C22H32N2O2. The summed E-state index contributed by atoms with van der Waals surface area (Å²) >= 11 is 0. The second-order valence-corrected chi connectivity index (χ2v) is 8.43. The van der Waals surface area contributed by atoms with Crippen molar-refractivity contribution < 1.29 is 9.53 Å². The molecule has 1 spiro atoms. The molecule has 0 bridgehead atoms. The summed E-state index contributed by atoms with van der Waals surface area (Å²) in [6.45, 7) is 4.83. The molecule has 3 fully saturated rings. The van der Waals surface area contributed by atoms with Gasteiger partial charge in [0.1, 0.15) is 0 Å². The zero-order valence-corrected chi connectivity index (χ0v) is 16.2. The molecular weight excluding hydrogens is 324 g/mol. The third kappa shape index (κ3) is 3.02. The van der Waals surface area contributed by atoms with E-state index in [1.165, 1.54) is 30.5 Å². The van der Waals surface area contributed by atoms with Gasteiger partial charge in [-0.15, -0.1) is 0 Å². The number of likely N-dealkylation sites (tertiary alicyclic amines) is 1. The number of carbonyl (C=O) groups excluding carboxylic acids is 1. The number of rotatable bonds is 3. The van der Waals surface area contributed by atoms with E-state index in [9.17, 15) is 4.79 Å². The highest BCUT2D eigenvalue weighted by molar-refractivity contribution is 5.79. The Morgan fingerprint density at radius 3 is 2.35 bits per heavy atom. The fourth-order valence-electron chi connectivity index (χ4n) is 5.27. The summed E-state index contributed by atoms with van der Waals surface area (Å²) in [5, 5.41) is 0. The van der Waals surface area contributed by atoms with Crippen LogP contribution in [0.15, 0.2) is 24.3 Å². The largest absolute Gasteiger partial charge is 0.377 e. The first-order chi connectivity index (χ1) is 12.6. The number of anilines is 1. The molecule has 1 amide bonds. The number of methoxy groups -OCH3 is 1. The summed E-state index contributed by atoms with van der Waals surface area (Å²) in [7, 11) is 1.83. The molecule has 1 unspecified atom stereocenters. The minimum absolute atomic E-state index is 0.0629. The van der Waals surface area contributed by atoms with Gasteiger partial charge < -0.3 is 14.5 Å². The number of amides is 1. The number of hydrogen-bond acceptors (Lipinski definition) is 3. The highest BCUT2D eigenvalue weighted by Gasteiger charge is 2.55. The average molecular weight is 357 g/mol. The molecule has 4 nitrogen and oxygen atoms in total. The van der Waals surface area contributed by atoms with Gasteiger partial charge in [-0.3, -0.25) is 4.79 Å². The number of benzene rings is 1. The maximum atomic E-state index is 12.9. The van der Waals surface area contributed by atoms with Gasteiger partial charge in [-0.2, -0.15) is 0 Å². The highest BCUT2D eigenvalue weighted by atomic mass is 16.5. The van der Waals surface area contributed by atoms with Crippen molar-refractivity contribution in [2.45, 2.75) is 63.5 Å². The summed E-state index contributed by atoms with van der Waals surface area (Å²) in [5.41, 5.74) is 2.64. The van der Waals surface area contributed by atoms with Crippen molar-refractivity contribution in [1.82, 2.24) is 4.90 Å². The summed E-state index contributed by atoms with van der Waals surface area (Å²) < 4.78 is 5.82. The number of hydrogen-bond donors (Lipinski definition) is 0. The first-order valence-electron chi connectivity index (χ1n) is 10.3. The Morgan fingerprint density at radius 2 is 1.73 bits per heavy atom. The van der Waals surface area contributed by atoms with Gasteiger partial charge in [-0.1, -0.05) is 37.0 Å². The second-order valence-electron chi connectivity index (χ2n) is 8.43. The van der Waals surface area contributed by atoms with Crippen LogP contribution in [0.3, 0.4) is 0 Å². The zero-order chi connectivity index (χ0) is 18.1. The molecule has 2 aliphatic heterocycles. The van der Waals surface area contributed by atoms with Gasteiger partial charge in [0.15, 0.2) is 0 Å². The lowest BCUT2D eigenvalue weighted by Crippen LogP contribution is -2.74. The van der Waals surface area contributed by atoms with Gasteiger partial charge in [0, 0.05) is 38.3 Å². The summed E-state index contributed by atoms with van der Waals surface area (Å²) in [6, 6.07) is 8.82. The first-order valence-corrected chi connectivity index (χ1v) is 10.3. The van der Waals surface area contributed by atoms with E-state index in [2.05, 4.69) is 41.0 Å². The van der Waals surface area contributed by atoms with Crippen LogP contribution in [0.5, 0.6) is 0 Å². The van der Waals surface area contributed by atoms with Crippen molar-refractivity contribution in [3.8, 4) is 0 Å². The van der Waals surface area contributed by atoms with Crippen molar-refractivity contribution in [3.05, 3.63) is 29.8 Å². The molecule has 1 aromatic carbocycles. The quantitative estimate of drug-likeness (QED) is 0.826. The Morgan fingerprint density at radius 1 is 1.08 bits per heavy atom. The second kappa shape index (κ2) is 7.22. The van der Waals surface area contributed by atoms with Gasteiger partial charge in [0.2, 0.25) is 5.91 Å². The van der Waals surface area contributed by atoms with Crippen LogP contribution in [0.1, 0.15) is 50.5 Å². The van der Waals surface area contributed by atoms with Crippen LogP contribution >= 0.6 is 0 Å². The Bertz CT molecular complexity index is 628. The molecule has 3 aliphatic rings. The van der Waals surface area contributed by atoms with Crippen LogP contribution in [-0.4, -0.2) is 49.2 Å². The van der Waals surface area contributed by atoms with E-state index in [1.807, 2.05) is 7.11 Å². The molecule has 4 rings (SSSR count). The van der Waals surface area contributed by atoms with Crippen LogP contribution in [0.2, 0.25) is 0 Å². The fraction of sp³-hybridized carbons (Fsp3) is 0.682. The normalized spacial score (nSPS) is 26.0. The molecule has 0 N–H and O–H groups in total. The molecule has 1 atom stereocenters. The van der Waals surface area contributed by atoms with E-state index in [4.69, 9.17) is 4.74 Å². The van der Waals surface area contributed by atoms with Gasteiger partial charge in [0.05, 0.1) is 11.6 Å². The number of aryl methyl sites for hydroxylation is 1. The third-order valence-corrected chi connectivity index (χ3v) is 7.01. The predicted octanol–water partition coefficient (Wildman–Crippen LogP) is 3.77. The minimum atomic E-state index is 0.0629. The SMILES string of the molecule is COC1CN(c2ccc(C)cc2)C12CCN(C(=O)C1CCCCC1)CC2. The van der Waals surface area contributed by atoms with Gasteiger partial charge >= 0.3 is 0 Å². The van der Waals surface area contributed by atoms with Crippen LogP contribution in [-0.2, 0) is 9.53 Å². The molecule has 0 aromatic heterocycles. The topological polar surface area (TPSA) is 32.8 Å². The predicted molar refractivity (Wildman–Crippen MR) is 104 cm³/mol. The first kappa shape index (κ1) is 17.8. The standard InChI is InChI=1S/C22H32N2O2/c1-17-8-10-19(11-9-17)24-16-20(26-2)22(24)12-14-23(15-13-22)21(25)18-6-4-3-5-7-18/h8-11,18,20H,3-7,12-16H2,1-2H3. The molecule has 0 radical (unpaired) electrons. The smallest absolute Gasteiger partial charge is 0.225 e. The number of ether oxygens (including phenoxy) is 1. The molecule has 2 saturated heterocycles. The lowest BCUT2D eigenvalue weighted by molar-refractivity contribution is -0.140. The summed E-state index contributed by atoms with van der Waals surface area (Å²) in [4.78, 5) is 17.5. The Balaban J connectivity index is 1.44. The monoisotopic (exact) mass is 356 g/mol. The van der Waals surface area contributed by atoms with Crippen LogP contribution in [0.25, 0.3) is 0 Å². The van der Waals surface area contributed by atoms with E-state index in [0.29, 0.717) is 5.91 Å². The minimum Gasteiger partial charge on any atom is -0.377 e. The van der Waals surface area contributed by atoms with E-state index in [1.54, 1.807) is 0 Å². The molecule has 1 aliphatic carbocycles. The van der Waals surface area contributed by atoms with Crippen LogP contribution in [0, 0.1) is 12.8 Å². The van der Waals surface area contributed by atoms with Crippen molar-refractivity contribution in [1.29, 1.82) is 0 Å². The molecule has 1 saturated carbocycles. The van der Waals surface area contributed by atoms with Crippen molar-refractivity contribution >= 4 is 11.6 Å². The average Bonchev–Trinajstić information content (AvgIpc) is 2.69. The molecule has 142 valence electrons. The lowest BCUT2D eigenvalue weighted by atomic mass is 9.73. The van der Waals surface area contributed by atoms with E-state index in [0.717, 1.165) is 45.3 Å². The molecule has 1 aromatic rings. The third-order valence-electron chi connectivity index (χ3n) is 7.01. The lowest BCUT2D eigenvalue weighted by Gasteiger charge is -2.62. The van der Waals surface area contributed by atoms with E-state index >= 15 is 0 Å². The molecule has 4 heteroatoms. The van der Waals surface area contributed by atoms with Gasteiger partial charge in [0.25, 0.3) is 0 Å². The number of nitrogens with zero attached hydrogens (tertiary/aromatic N) is 2. The summed E-state index contributed by atoms with van der Waals surface area (Å²) in [5.74, 6) is 0.695. The zero-order valence-electron chi connectivity index (χ0n) is 16.2. The van der Waals surface area contributed by atoms with Crippen LogP contribution < -0.4 is 4.90 Å². The van der Waals surface area contributed by atoms with Gasteiger partial charge in [-0.25, -0.2) is 0 Å². The van der Waals surface area contributed by atoms with Crippen molar-refractivity contribution in [3.63, 3.8) is 0 Å². The molecule has 2 heterocycles. The van der Waals surface area contributed by atoms with Gasteiger partial charge in [-0.05, 0) is 44.7 Å². The Labute approximate surface area is 157 Å². The van der Waals surface area contributed by atoms with E-state index < -0.39 is 0 Å². The van der Waals surface area contributed by atoms with Crippen molar-refractivity contribution in [2.24, 2.45) is 5.92 Å². The Kier molecular flexibility index (Phi) is 4.96. The number of piperidine rings is 1. The summed E-state index contributed by atoms with van der Waals surface area (Å²) in [6.07, 6.45) is 8.23. The fourth-order valence-corrected chi connectivity index (χ4v) is 5.27. The number of carbonyl (C=O) groups is 1. The van der Waals surface area contributed by atoms with Crippen LogP contribution in [0.4, 0.5) is 5.69 Å². The molecule has 26 heavy (non-hydrogen) atoms. The highest BCUT2D eigenvalue weighted by Crippen LogP contribution is 2.45. The maximum Gasteiger partial charge on any atom is 0.225 e. The van der Waals surface area contributed by atoms with E-state index in [-0.39, 0.29) is 17.6 Å². The maximum absolute atomic E-state index is 12.9. The van der Waals surface area contributed by atoms with Crippen molar-refractivity contribution in [2.75, 3.05) is 31.6 Å².